The summed E-state index contributed by atoms with van der Waals surface area (Å²) in [7, 11) is 2.16. The molecule has 1 unspecified atom stereocenters. The van der Waals surface area contributed by atoms with Gasteiger partial charge in [-0.25, -0.2) is 0 Å². The summed E-state index contributed by atoms with van der Waals surface area (Å²) in [6.07, 6.45) is 6.04. The summed E-state index contributed by atoms with van der Waals surface area (Å²) >= 11 is 0. The van der Waals surface area contributed by atoms with Crippen molar-refractivity contribution in [1.29, 1.82) is 0 Å². The molecule has 0 aromatic carbocycles. The molecule has 1 rings (SSSR count). The van der Waals surface area contributed by atoms with Crippen molar-refractivity contribution in [2.24, 2.45) is 0 Å². The van der Waals surface area contributed by atoms with Gasteiger partial charge in [0.05, 0.1) is 0 Å². The molecule has 0 aliphatic heterocycles. The van der Waals surface area contributed by atoms with E-state index in [0.29, 0.717) is 6.04 Å². The molecule has 0 radical (unpaired) electrons. The SMILES string of the molecule is CCN(C)CC(C)NCCCc1ccncc1. The Balaban J connectivity index is 2.08. The Morgan fingerprint density at radius 1 is 1.35 bits per heavy atom. The van der Waals surface area contributed by atoms with Crippen molar-refractivity contribution < 1.29 is 0 Å². The van der Waals surface area contributed by atoms with Crippen LogP contribution < -0.4 is 5.32 Å². The van der Waals surface area contributed by atoms with Crippen molar-refractivity contribution in [2.45, 2.75) is 32.7 Å². The molecule has 3 heteroatoms. The topological polar surface area (TPSA) is 28.2 Å². The van der Waals surface area contributed by atoms with Crippen molar-refractivity contribution in [3.05, 3.63) is 30.1 Å². The number of nitrogens with zero attached hydrogens (tertiary/aromatic N) is 2. The maximum Gasteiger partial charge on any atom is 0.0270 e. The smallest absolute Gasteiger partial charge is 0.0270 e. The third-order valence-corrected chi connectivity index (χ3v) is 3.01. The first-order valence-electron chi connectivity index (χ1n) is 6.53. The molecule has 0 bridgehead atoms. The van der Waals surface area contributed by atoms with Gasteiger partial charge in [0.15, 0.2) is 0 Å². The molecular formula is C14H25N3. The summed E-state index contributed by atoms with van der Waals surface area (Å²) in [5, 5.41) is 3.56. The van der Waals surface area contributed by atoms with E-state index in [1.807, 2.05) is 12.4 Å². The van der Waals surface area contributed by atoms with E-state index in [9.17, 15) is 0 Å². The number of likely N-dealkylation sites (N-methyl/N-ethyl adjacent to an activating group) is 1. The molecule has 1 heterocycles. The van der Waals surface area contributed by atoms with Gasteiger partial charge in [0.25, 0.3) is 0 Å². The highest BCUT2D eigenvalue weighted by molar-refractivity contribution is 5.09. The fraction of sp³-hybridized carbons (Fsp3) is 0.643. The van der Waals surface area contributed by atoms with Crippen LogP contribution in [0.5, 0.6) is 0 Å². The summed E-state index contributed by atoms with van der Waals surface area (Å²) in [5.74, 6) is 0. The first kappa shape index (κ1) is 14.1. The Morgan fingerprint density at radius 3 is 2.71 bits per heavy atom. The van der Waals surface area contributed by atoms with Crippen molar-refractivity contribution in [2.75, 3.05) is 26.7 Å². The number of nitrogens with one attached hydrogen (secondary N) is 1. The van der Waals surface area contributed by atoms with Gasteiger partial charge in [-0.05, 0) is 57.6 Å². The molecule has 0 aliphatic rings. The van der Waals surface area contributed by atoms with Crippen LogP contribution in [0.15, 0.2) is 24.5 Å². The molecular weight excluding hydrogens is 210 g/mol. The first-order valence-corrected chi connectivity index (χ1v) is 6.53. The second kappa shape index (κ2) is 8.20. The standard InChI is InChI=1S/C14H25N3/c1-4-17(3)12-13(2)16-9-5-6-14-7-10-15-11-8-14/h7-8,10-11,13,16H,4-6,9,12H2,1-3H3. The van der Waals surface area contributed by atoms with E-state index < -0.39 is 0 Å². The highest BCUT2D eigenvalue weighted by Gasteiger charge is 2.03. The van der Waals surface area contributed by atoms with Crippen LogP contribution in [0.4, 0.5) is 0 Å². The molecule has 0 saturated heterocycles. The number of pyridine rings is 1. The van der Waals surface area contributed by atoms with E-state index >= 15 is 0 Å². The van der Waals surface area contributed by atoms with E-state index in [-0.39, 0.29) is 0 Å². The molecule has 0 fully saturated rings. The fourth-order valence-electron chi connectivity index (χ4n) is 1.85. The Hall–Kier alpha value is -0.930. The summed E-state index contributed by atoms with van der Waals surface area (Å²) in [6.45, 7) is 7.75. The lowest BCUT2D eigenvalue weighted by molar-refractivity contribution is 0.310. The molecule has 1 aromatic rings. The molecule has 96 valence electrons. The van der Waals surface area contributed by atoms with Crippen LogP contribution in [-0.2, 0) is 6.42 Å². The zero-order chi connectivity index (χ0) is 12.5. The van der Waals surface area contributed by atoms with Crippen LogP contribution in [0.25, 0.3) is 0 Å². The average molecular weight is 235 g/mol. The monoisotopic (exact) mass is 235 g/mol. The van der Waals surface area contributed by atoms with Gasteiger partial charge in [-0.1, -0.05) is 6.92 Å². The zero-order valence-electron chi connectivity index (χ0n) is 11.3. The highest BCUT2D eigenvalue weighted by Crippen LogP contribution is 2.00. The van der Waals surface area contributed by atoms with E-state index in [0.717, 1.165) is 26.1 Å². The molecule has 1 atom stereocenters. The van der Waals surface area contributed by atoms with Crippen LogP contribution >= 0.6 is 0 Å². The van der Waals surface area contributed by atoms with Crippen molar-refractivity contribution in [1.82, 2.24) is 15.2 Å². The van der Waals surface area contributed by atoms with Crippen LogP contribution in [0, 0.1) is 0 Å². The van der Waals surface area contributed by atoms with Gasteiger partial charge >= 0.3 is 0 Å². The second-order valence-corrected chi connectivity index (χ2v) is 4.67. The summed E-state index contributed by atoms with van der Waals surface area (Å²) < 4.78 is 0. The Bertz CT molecular complexity index is 287. The average Bonchev–Trinajstić information content (AvgIpc) is 2.36. The van der Waals surface area contributed by atoms with Gasteiger partial charge in [-0.3, -0.25) is 4.98 Å². The van der Waals surface area contributed by atoms with Crippen LogP contribution in [0.2, 0.25) is 0 Å². The predicted molar refractivity (Wildman–Crippen MR) is 73.2 cm³/mol. The van der Waals surface area contributed by atoms with Gasteiger partial charge < -0.3 is 10.2 Å². The van der Waals surface area contributed by atoms with Gasteiger partial charge in [-0.2, -0.15) is 0 Å². The Morgan fingerprint density at radius 2 is 2.06 bits per heavy atom. The van der Waals surface area contributed by atoms with Crippen LogP contribution in [-0.4, -0.2) is 42.6 Å². The number of aryl methyl sites for hydroxylation is 1. The second-order valence-electron chi connectivity index (χ2n) is 4.67. The van der Waals surface area contributed by atoms with E-state index in [1.54, 1.807) is 0 Å². The third-order valence-electron chi connectivity index (χ3n) is 3.01. The Kier molecular flexibility index (Phi) is 6.82. The molecule has 1 aromatic heterocycles. The largest absolute Gasteiger partial charge is 0.313 e. The van der Waals surface area contributed by atoms with Gasteiger partial charge in [0.1, 0.15) is 0 Å². The first-order chi connectivity index (χ1) is 8.22. The van der Waals surface area contributed by atoms with Gasteiger partial charge in [-0.15, -0.1) is 0 Å². The minimum absolute atomic E-state index is 0.567. The Labute approximate surface area is 105 Å². The molecule has 3 nitrogen and oxygen atoms in total. The maximum atomic E-state index is 4.02. The lowest BCUT2D eigenvalue weighted by Crippen LogP contribution is -2.37. The lowest BCUT2D eigenvalue weighted by atomic mass is 10.1. The van der Waals surface area contributed by atoms with Crippen molar-refractivity contribution in [3.63, 3.8) is 0 Å². The highest BCUT2D eigenvalue weighted by atomic mass is 15.1. The number of aromatic nitrogens is 1. The quantitative estimate of drug-likeness (QED) is 0.698. The van der Waals surface area contributed by atoms with Gasteiger partial charge in [0, 0.05) is 25.0 Å². The molecule has 1 N–H and O–H groups in total. The third kappa shape index (κ3) is 6.39. The van der Waals surface area contributed by atoms with E-state index in [4.69, 9.17) is 0 Å². The molecule has 0 spiro atoms. The number of hydrogen-bond acceptors (Lipinski definition) is 3. The molecule has 0 saturated carbocycles. The van der Waals surface area contributed by atoms with Crippen LogP contribution in [0.1, 0.15) is 25.8 Å². The minimum Gasteiger partial charge on any atom is -0.313 e. The molecule has 0 amide bonds. The van der Waals surface area contributed by atoms with Gasteiger partial charge in [0.2, 0.25) is 0 Å². The lowest BCUT2D eigenvalue weighted by Gasteiger charge is -2.20. The summed E-state index contributed by atoms with van der Waals surface area (Å²) in [6, 6.07) is 4.75. The normalized spacial score (nSPS) is 12.9. The van der Waals surface area contributed by atoms with Crippen LogP contribution in [0.3, 0.4) is 0 Å². The molecule has 17 heavy (non-hydrogen) atoms. The van der Waals surface area contributed by atoms with Crippen molar-refractivity contribution in [3.8, 4) is 0 Å². The van der Waals surface area contributed by atoms with Crippen molar-refractivity contribution >= 4 is 0 Å². The minimum atomic E-state index is 0.567. The van der Waals surface area contributed by atoms with E-state index in [1.165, 1.54) is 12.0 Å². The molecule has 0 aliphatic carbocycles. The zero-order valence-corrected chi connectivity index (χ0v) is 11.3. The number of hydrogen-bond donors (Lipinski definition) is 1. The van der Waals surface area contributed by atoms with E-state index in [2.05, 4.69) is 48.2 Å². The number of rotatable bonds is 8. The summed E-state index contributed by atoms with van der Waals surface area (Å²) in [4.78, 5) is 6.36. The maximum absolute atomic E-state index is 4.02. The predicted octanol–water partition coefficient (Wildman–Crippen LogP) is 1.94. The summed E-state index contributed by atoms with van der Waals surface area (Å²) in [5.41, 5.74) is 1.38. The fourth-order valence-corrected chi connectivity index (χ4v) is 1.85.